The molecule has 1 rings (SSSR count). The minimum absolute atomic E-state index is 0.443. The summed E-state index contributed by atoms with van der Waals surface area (Å²) in [6.07, 6.45) is 3.15. The van der Waals surface area contributed by atoms with Crippen LogP contribution in [0.3, 0.4) is 0 Å². The van der Waals surface area contributed by atoms with Crippen molar-refractivity contribution in [3.8, 4) is 0 Å². The first-order valence-electron chi connectivity index (χ1n) is 3.14. The Hall–Kier alpha value is -1.32. The van der Waals surface area contributed by atoms with Gasteiger partial charge in [-0.25, -0.2) is 4.98 Å². The summed E-state index contributed by atoms with van der Waals surface area (Å²) < 4.78 is 0. The van der Waals surface area contributed by atoms with Crippen LogP contribution in [0.5, 0.6) is 0 Å². The number of nitrogens with one attached hydrogen (secondary N) is 1. The summed E-state index contributed by atoms with van der Waals surface area (Å²) in [6.45, 7) is 2.82. The number of nitrogens with zero attached hydrogens (tertiary/aromatic N) is 2. The van der Waals surface area contributed by atoms with Crippen LogP contribution in [-0.4, -0.2) is 16.5 Å². The van der Waals surface area contributed by atoms with Crippen LogP contribution in [0, 0.1) is 0 Å². The molecule has 0 saturated heterocycles. The van der Waals surface area contributed by atoms with Crippen LogP contribution in [0.2, 0.25) is 0 Å². The van der Waals surface area contributed by atoms with Crippen LogP contribution in [0.1, 0.15) is 6.92 Å². The van der Waals surface area contributed by atoms with Gasteiger partial charge in [0.05, 0.1) is 12.4 Å². The normalized spacial score (nSPS) is 9.30. The second-order valence-corrected chi connectivity index (χ2v) is 1.86. The minimum atomic E-state index is 0.443. The second-order valence-electron chi connectivity index (χ2n) is 1.86. The number of aromatic nitrogens is 2. The zero-order valence-corrected chi connectivity index (χ0v) is 5.83. The molecule has 10 heavy (non-hydrogen) atoms. The fraction of sp³-hybridized carbons (Fsp3) is 0.333. The van der Waals surface area contributed by atoms with Gasteiger partial charge in [-0.3, -0.25) is 4.98 Å². The third kappa shape index (κ3) is 1.58. The topological polar surface area (TPSA) is 63.8 Å². The maximum absolute atomic E-state index is 5.38. The van der Waals surface area contributed by atoms with E-state index < -0.39 is 0 Å². The number of nitrogens with two attached hydrogens (primary N) is 1. The maximum Gasteiger partial charge on any atom is 0.146 e. The Kier molecular flexibility index (Phi) is 2.04. The highest BCUT2D eigenvalue weighted by molar-refractivity contribution is 5.37. The molecule has 0 radical (unpaired) electrons. The van der Waals surface area contributed by atoms with Gasteiger partial charge in [-0.05, 0) is 6.92 Å². The van der Waals surface area contributed by atoms with E-state index in [1.807, 2.05) is 6.92 Å². The Morgan fingerprint density at radius 2 is 2.40 bits per heavy atom. The fourth-order valence-corrected chi connectivity index (χ4v) is 0.647. The van der Waals surface area contributed by atoms with Crippen molar-refractivity contribution in [3.05, 3.63) is 12.4 Å². The molecular formula is C6H10N4. The Morgan fingerprint density at radius 1 is 1.60 bits per heavy atom. The average molecular weight is 138 g/mol. The van der Waals surface area contributed by atoms with Crippen molar-refractivity contribution in [1.82, 2.24) is 9.97 Å². The first kappa shape index (κ1) is 6.80. The molecule has 1 aromatic heterocycles. The van der Waals surface area contributed by atoms with E-state index in [-0.39, 0.29) is 0 Å². The first-order chi connectivity index (χ1) is 4.83. The molecule has 0 aliphatic heterocycles. The molecule has 4 nitrogen and oxygen atoms in total. The van der Waals surface area contributed by atoms with Gasteiger partial charge in [0.25, 0.3) is 0 Å². The molecule has 54 valence electrons. The minimum Gasteiger partial charge on any atom is -0.382 e. The second kappa shape index (κ2) is 3.00. The lowest BCUT2D eigenvalue weighted by molar-refractivity contribution is 1.13. The maximum atomic E-state index is 5.38. The van der Waals surface area contributed by atoms with Crippen molar-refractivity contribution in [2.45, 2.75) is 6.92 Å². The zero-order chi connectivity index (χ0) is 7.40. The monoisotopic (exact) mass is 138 g/mol. The standard InChI is InChI=1S/C6H10N4/c1-2-9-6-4-8-3-5(7)10-6/h3-4H,2H2,1H3,(H3,7,9,10). The molecule has 3 N–H and O–H groups in total. The number of anilines is 2. The molecule has 0 amide bonds. The van der Waals surface area contributed by atoms with E-state index in [0.717, 1.165) is 12.4 Å². The zero-order valence-electron chi connectivity index (χ0n) is 5.83. The van der Waals surface area contributed by atoms with E-state index in [2.05, 4.69) is 15.3 Å². The summed E-state index contributed by atoms with van der Waals surface area (Å²) in [4.78, 5) is 7.82. The highest BCUT2D eigenvalue weighted by atomic mass is 15.0. The third-order valence-electron chi connectivity index (χ3n) is 1.01. The predicted molar refractivity (Wildman–Crippen MR) is 40.6 cm³/mol. The summed E-state index contributed by atoms with van der Waals surface area (Å²) in [5.74, 6) is 1.17. The van der Waals surface area contributed by atoms with Gasteiger partial charge in [0, 0.05) is 6.54 Å². The summed E-state index contributed by atoms with van der Waals surface area (Å²) in [5.41, 5.74) is 5.38. The molecule has 0 aliphatic rings. The van der Waals surface area contributed by atoms with Gasteiger partial charge in [0.15, 0.2) is 0 Å². The van der Waals surface area contributed by atoms with Gasteiger partial charge in [-0.15, -0.1) is 0 Å². The number of hydrogen-bond acceptors (Lipinski definition) is 4. The van der Waals surface area contributed by atoms with Crippen LogP contribution in [0.15, 0.2) is 12.4 Å². The molecule has 0 aliphatic carbocycles. The first-order valence-corrected chi connectivity index (χ1v) is 3.14. The van der Waals surface area contributed by atoms with Gasteiger partial charge >= 0.3 is 0 Å². The molecule has 1 heterocycles. The van der Waals surface area contributed by atoms with Gasteiger partial charge in [0.1, 0.15) is 11.6 Å². The van der Waals surface area contributed by atoms with Crippen LogP contribution in [0.4, 0.5) is 11.6 Å². The van der Waals surface area contributed by atoms with E-state index in [0.29, 0.717) is 5.82 Å². The van der Waals surface area contributed by atoms with E-state index in [9.17, 15) is 0 Å². The molecule has 0 atom stereocenters. The van der Waals surface area contributed by atoms with Crippen LogP contribution >= 0.6 is 0 Å². The van der Waals surface area contributed by atoms with Gasteiger partial charge < -0.3 is 11.1 Å². The number of nitrogen functional groups attached to an aromatic ring is 1. The lowest BCUT2D eigenvalue weighted by atomic mass is 10.6. The molecule has 0 saturated carbocycles. The van der Waals surface area contributed by atoms with E-state index in [1.165, 1.54) is 6.20 Å². The number of hydrogen-bond donors (Lipinski definition) is 2. The van der Waals surface area contributed by atoms with Gasteiger partial charge in [-0.2, -0.15) is 0 Å². The summed E-state index contributed by atoms with van der Waals surface area (Å²) in [5, 5.41) is 2.99. The van der Waals surface area contributed by atoms with E-state index in [1.54, 1.807) is 6.20 Å². The Morgan fingerprint density at radius 3 is 3.00 bits per heavy atom. The molecule has 0 fully saturated rings. The molecule has 1 aromatic rings. The Bertz CT molecular complexity index is 211. The SMILES string of the molecule is CCNc1cncc(N)n1. The lowest BCUT2D eigenvalue weighted by Crippen LogP contribution is -2.01. The highest BCUT2D eigenvalue weighted by Gasteiger charge is 1.90. The highest BCUT2D eigenvalue weighted by Crippen LogP contribution is 2.00. The Labute approximate surface area is 59.5 Å². The smallest absolute Gasteiger partial charge is 0.146 e. The van der Waals surface area contributed by atoms with E-state index in [4.69, 9.17) is 5.73 Å². The lowest BCUT2D eigenvalue weighted by Gasteiger charge is -1.99. The van der Waals surface area contributed by atoms with Crippen molar-refractivity contribution in [1.29, 1.82) is 0 Å². The molecular weight excluding hydrogens is 128 g/mol. The molecule has 0 bridgehead atoms. The summed E-state index contributed by atoms with van der Waals surface area (Å²) in [6, 6.07) is 0. The van der Waals surface area contributed by atoms with Crippen molar-refractivity contribution >= 4 is 11.6 Å². The van der Waals surface area contributed by atoms with Crippen molar-refractivity contribution in [2.24, 2.45) is 0 Å². The van der Waals surface area contributed by atoms with Crippen LogP contribution < -0.4 is 11.1 Å². The van der Waals surface area contributed by atoms with Crippen molar-refractivity contribution in [3.63, 3.8) is 0 Å². The molecule has 0 spiro atoms. The average Bonchev–Trinajstić information content (AvgIpc) is 1.88. The van der Waals surface area contributed by atoms with Gasteiger partial charge in [0.2, 0.25) is 0 Å². The molecule has 0 unspecified atom stereocenters. The Balaban J connectivity index is 2.75. The van der Waals surface area contributed by atoms with Crippen LogP contribution in [0.25, 0.3) is 0 Å². The van der Waals surface area contributed by atoms with Crippen molar-refractivity contribution < 1.29 is 0 Å². The molecule has 0 aromatic carbocycles. The van der Waals surface area contributed by atoms with Gasteiger partial charge in [-0.1, -0.05) is 0 Å². The third-order valence-corrected chi connectivity index (χ3v) is 1.01. The predicted octanol–water partition coefficient (Wildman–Crippen LogP) is 0.491. The summed E-state index contributed by atoms with van der Waals surface area (Å²) >= 11 is 0. The largest absolute Gasteiger partial charge is 0.382 e. The number of rotatable bonds is 2. The summed E-state index contributed by atoms with van der Waals surface area (Å²) in [7, 11) is 0. The fourth-order valence-electron chi connectivity index (χ4n) is 0.647. The van der Waals surface area contributed by atoms with Crippen LogP contribution in [-0.2, 0) is 0 Å². The van der Waals surface area contributed by atoms with Crippen molar-refractivity contribution in [2.75, 3.05) is 17.6 Å². The van der Waals surface area contributed by atoms with E-state index >= 15 is 0 Å². The molecule has 4 heteroatoms. The quantitative estimate of drug-likeness (QED) is 0.624.